The van der Waals surface area contributed by atoms with Gasteiger partial charge < -0.3 is 10.6 Å². The van der Waals surface area contributed by atoms with Crippen LogP contribution in [0.2, 0.25) is 0 Å². The van der Waals surface area contributed by atoms with Gasteiger partial charge in [0.05, 0.1) is 21.7 Å². The minimum Gasteiger partial charge on any atom is -0.355 e. The van der Waals surface area contributed by atoms with Crippen LogP contribution in [-0.4, -0.2) is 29.9 Å². The third kappa shape index (κ3) is 3.60. The number of fused-ring (bicyclic) bond motifs is 1. The van der Waals surface area contributed by atoms with Gasteiger partial charge in [0.15, 0.2) is 0 Å². The second kappa shape index (κ2) is 7.23. The van der Waals surface area contributed by atoms with Crippen LogP contribution < -0.4 is 10.6 Å². The van der Waals surface area contributed by atoms with E-state index in [0.29, 0.717) is 18.7 Å². The molecule has 0 aliphatic heterocycles. The van der Waals surface area contributed by atoms with Crippen LogP contribution in [0.1, 0.15) is 17.3 Å². The predicted octanol–water partition coefficient (Wildman–Crippen LogP) is 2.83. The van der Waals surface area contributed by atoms with Crippen molar-refractivity contribution in [2.75, 3.05) is 13.1 Å². The highest BCUT2D eigenvalue weighted by Gasteiger charge is 2.13. The number of rotatable bonds is 5. The molecular weight excluding hydrogens is 322 g/mol. The molecule has 2 aromatic heterocycles. The van der Waals surface area contributed by atoms with Crippen molar-refractivity contribution in [3.63, 3.8) is 0 Å². The van der Waals surface area contributed by atoms with Crippen LogP contribution in [0, 0.1) is 0 Å². The normalized spacial score (nSPS) is 10.5. The van der Waals surface area contributed by atoms with E-state index >= 15 is 0 Å². The van der Waals surface area contributed by atoms with Crippen molar-refractivity contribution in [2.24, 2.45) is 0 Å². The van der Waals surface area contributed by atoms with E-state index in [2.05, 4.69) is 15.6 Å². The maximum Gasteiger partial charge on any atom is 0.252 e. The third-order valence-corrected chi connectivity index (χ3v) is 4.41. The molecule has 3 aromatic rings. The Morgan fingerprint density at radius 2 is 1.88 bits per heavy atom. The average molecular weight is 339 g/mol. The Kier molecular flexibility index (Phi) is 4.86. The van der Waals surface area contributed by atoms with E-state index < -0.39 is 0 Å². The molecule has 2 heterocycles. The maximum atomic E-state index is 12.6. The Morgan fingerprint density at radius 1 is 1.08 bits per heavy atom. The zero-order chi connectivity index (χ0) is 16.9. The van der Waals surface area contributed by atoms with Crippen LogP contribution in [0.15, 0.2) is 47.8 Å². The number of carbonyl (C=O) groups is 2. The van der Waals surface area contributed by atoms with Crippen molar-refractivity contribution in [3.8, 4) is 10.6 Å². The van der Waals surface area contributed by atoms with Gasteiger partial charge in [-0.25, -0.2) is 4.98 Å². The van der Waals surface area contributed by atoms with Gasteiger partial charge in [-0.3, -0.25) is 9.59 Å². The molecule has 0 bridgehead atoms. The first-order valence-corrected chi connectivity index (χ1v) is 8.49. The molecule has 0 fully saturated rings. The number of hydrogen-bond donors (Lipinski definition) is 2. The summed E-state index contributed by atoms with van der Waals surface area (Å²) in [6, 6.07) is 13.4. The Morgan fingerprint density at radius 3 is 2.62 bits per heavy atom. The topological polar surface area (TPSA) is 71.1 Å². The number of para-hydroxylation sites is 1. The van der Waals surface area contributed by atoms with E-state index in [-0.39, 0.29) is 11.8 Å². The van der Waals surface area contributed by atoms with Crippen LogP contribution in [0.3, 0.4) is 0 Å². The van der Waals surface area contributed by atoms with E-state index in [1.165, 1.54) is 6.92 Å². The van der Waals surface area contributed by atoms with Crippen molar-refractivity contribution < 1.29 is 9.59 Å². The van der Waals surface area contributed by atoms with Crippen LogP contribution in [0.5, 0.6) is 0 Å². The van der Waals surface area contributed by atoms with Crippen LogP contribution in [-0.2, 0) is 4.79 Å². The van der Waals surface area contributed by atoms with Crippen molar-refractivity contribution in [1.82, 2.24) is 15.6 Å². The van der Waals surface area contributed by atoms with Crippen molar-refractivity contribution in [3.05, 3.63) is 53.4 Å². The summed E-state index contributed by atoms with van der Waals surface area (Å²) < 4.78 is 0. The summed E-state index contributed by atoms with van der Waals surface area (Å²) in [5.41, 5.74) is 2.16. The Labute approximate surface area is 143 Å². The summed E-state index contributed by atoms with van der Waals surface area (Å²) in [5, 5.41) is 8.30. The van der Waals surface area contributed by atoms with Crippen LogP contribution in [0.25, 0.3) is 21.5 Å². The van der Waals surface area contributed by atoms with Crippen LogP contribution >= 0.6 is 11.3 Å². The second-order valence-corrected chi connectivity index (χ2v) is 6.24. The summed E-state index contributed by atoms with van der Waals surface area (Å²) in [4.78, 5) is 29.1. The molecule has 122 valence electrons. The summed E-state index contributed by atoms with van der Waals surface area (Å²) in [6.45, 7) is 2.23. The summed E-state index contributed by atoms with van der Waals surface area (Å²) >= 11 is 1.59. The average Bonchev–Trinajstić information content (AvgIpc) is 3.12. The molecule has 0 aliphatic carbocycles. The molecule has 0 radical (unpaired) electrons. The van der Waals surface area contributed by atoms with Gasteiger partial charge in [-0.15, -0.1) is 11.3 Å². The fraction of sp³-hybridized carbons (Fsp3) is 0.167. The number of amides is 2. The minimum absolute atomic E-state index is 0.112. The molecule has 2 amide bonds. The first-order valence-electron chi connectivity index (χ1n) is 7.61. The molecule has 6 heteroatoms. The Hall–Kier alpha value is -2.73. The van der Waals surface area contributed by atoms with Gasteiger partial charge >= 0.3 is 0 Å². The number of benzene rings is 1. The molecule has 0 unspecified atom stereocenters. The number of carbonyl (C=O) groups excluding carboxylic acids is 2. The van der Waals surface area contributed by atoms with Crippen molar-refractivity contribution >= 4 is 34.1 Å². The molecule has 5 nitrogen and oxygen atoms in total. The number of nitrogens with one attached hydrogen (secondary N) is 2. The number of nitrogens with zero attached hydrogens (tertiary/aromatic N) is 1. The molecule has 0 saturated carbocycles. The third-order valence-electron chi connectivity index (χ3n) is 3.52. The highest BCUT2D eigenvalue weighted by atomic mass is 32.1. The molecular formula is C18H17N3O2S. The minimum atomic E-state index is -0.170. The fourth-order valence-electron chi connectivity index (χ4n) is 2.42. The lowest BCUT2D eigenvalue weighted by atomic mass is 10.1. The van der Waals surface area contributed by atoms with Gasteiger partial charge in [0.2, 0.25) is 5.91 Å². The quantitative estimate of drug-likeness (QED) is 0.702. The lowest BCUT2D eigenvalue weighted by Crippen LogP contribution is -2.33. The maximum absolute atomic E-state index is 12.6. The lowest BCUT2D eigenvalue weighted by molar-refractivity contribution is -0.118. The summed E-state index contributed by atoms with van der Waals surface area (Å²) in [5.74, 6) is -0.282. The van der Waals surface area contributed by atoms with E-state index in [1.54, 1.807) is 11.3 Å². The van der Waals surface area contributed by atoms with Crippen LogP contribution in [0.4, 0.5) is 0 Å². The standard InChI is InChI=1S/C18H17N3O2S/c1-12(22)19-8-9-20-18(23)14-11-16(17-7-4-10-24-17)21-15-6-3-2-5-13(14)15/h2-7,10-11H,8-9H2,1H3,(H,19,22)(H,20,23). The molecule has 3 rings (SSSR count). The van der Waals surface area contributed by atoms with E-state index in [0.717, 1.165) is 21.5 Å². The second-order valence-electron chi connectivity index (χ2n) is 5.29. The van der Waals surface area contributed by atoms with Gasteiger partial charge in [0.1, 0.15) is 0 Å². The molecule has 0 saturated heterocycles. The smallest absolute Gasteiger partial charge is 0.252 e. The summed E-state index contributed by atoms with van der Waals surface area (Å²) in [7, 11) is 0. The fourth-order valence-corrected chi connectivity index (χ4v) is 3.11. The van der Waals surface area contributed by atoms with Gasteiger partial charge in [-0.05, 0) is 23.6 Å². The largest absolute Gasteiger partial charge is 0.355 e. The zero-order valence-corrected chi connectivity index (χ0v) is 14.0. The molecule has 24 heavy (non-hydrogen) atoms. The predicted molar refractivity (Wildman–Crippen MR) is 96.1 cm³/mol. The number of thiophene rings is 1. The Balaban J connectivity index is 1.90. The molecule has 2 N–H and O–H groups in total. The molecule has 0 aliphatic rings. The van der Waals surface area contributed by atoms with Crippen molar-refractivity contribution in [2.45, 2.75) is 6.92 Å². The molecule has 0 atom stereocenters. The van der Waals surface area contributed by atoms with Crippen molar-refractivity contribution in [1.29, 1.82) is 0 Å². The van der Waals surface area contributed by atoms with Gasteiger partial charge in [-0.1, -0.05) is 24.3 Å². The highest BCUT2D eigenvalue weighted by Crippen LogP contribution is 2.27. The van der Waals surface area contributed by atoms with E-state index in [4.69, 9.17) is 0 Å². The number of aromatic nitrogens is 1. The zero-order valence-electron chi connectivity index (χ0n) is 13.2. The van der Waals surface area contributed by atoms with E-state index in [9.17, 15) is 9.59 Å². The highest BCUT2D eigenvalue weighted by molar-refractivity contribution is 7.13. The lowest BCUT2D eigenvalue weighted by Gasteiger charge is -2.10. The number of pyridine rings is 1. The molecule has 1 aromatic carbocycles. The van der Waals surface area contributed by atoms with Gasteiger partial charge in [-0.2, -0.15) is 0 Å². The van der Waals surface area contributed by atoms with Gasteiger partial charge in [0, 0.05) is 25.4 Å². The van der Waals surface area contributed by atoms with Gasteiger partial charge in [0.25, 0.3) is 5.91 Å². The monoisotopic (exact) mass is 339 g/mol. The Bertz CT molecular complexity index is 875. The van der Waals surface area contributed by atoms with E-state index in [1.807, 2.05) is 47.8 Å². The SMILES string of the molecule is CC(=O)NCCNC(=O)c1cc(-c2cccs2)nc2ccccc12. The first kappa shape index (κ1) is 16.1. The first-order chi connectivity index (χ1) is 11.6. The number of hydrogen-bond acceptors (Lipinski definition) is 4. The molecule has 0 spiro atoms. The summed E-state index contributed by atoms with van der Waals surface area (Å²) in [6.07, 6.45) is 0.